The monoisotopic (exact) mass is 261 g/mol. The van der Waals surface area contributed by atoms with Gasteiger partial charge in [-0.1, -0.05) is 17.7 Å². The molecule has 0 aliphatic rings. The van der Waals surface area contributed by atoms with Gasteiger partial charge in [0.25, 0.3) is 0 Å². The zero-order chi connectivity index (χ0) is 13.0. The van der Waals surface area contributed by atoms with Gasteiger partial charge in [-0.3, -0.25) is 4.68 Å². The van der Waals surface area contributed by atoms with Crippen molar-refractivity contribution in [3.8, 4) is 11.8 Å². The van der Waals surface area contributed by atoms with Gasteiger partial charge in [-0.05, 0) is 25.1 Å². The SMILES string of the molecule is Cc1nn(CCOc2cccc(C#N)c2)cc1Cl. The Morgan fingerprint density at radius 3 is 3.00 bits per heavy atom. The zero-order valence-electron chi connectivity index (χ0n) is 9.93. The zero-order valence-corrected chi connectivity index (χ0v) is 10.7. The fraction of sp³-hybridized carbons (Fsp3) is 0.231. The highest BCUT2D eigenvalue weighted by Gasteiger charge is 2.02. The summed E-state index contributed by atoms with van der Waals surface area (Å²) in [4.78, 5) is 0. The predicted molar refractivity (Wildman–Crippen MR) is 68.6 cm³/mol. The number of rotatable bonds is 4. The fourth-order valence-electron chi connectivity index (χ4n) is 1.52. The van der Waals surface area contributed by atoms with E-state index < -0.39 is 0 Å². The van der Waals surface area contributed by atoms with Crippen LogP contribution in [0.1, 0.15) is 11.3 Å². The number of nitrogens with zero attached hydrogens (tertiary/aromatic N) is 3. The summed E-state index contributed by atoms with van der Waals surface area (Å²) in [6.45, 7) is 2.95. The van der Waals surface area contributed by atoms with Crippen molar-refractivity contribution in [1.82, 2.24) is 9.78 Å². The third kappa shape index (κ3) is 3.02. The average molecular weight is 262 g/mol. The van der Waals surface area contributed by atoms with Crippen LogP contribution in [0, 0.1) is 18.3 Å². The quantitative estimate of drug-likeness (QED) is 0.850. The lowest BCUT2D eigenvalue weighted by Crippen LogP contribution is -2.08. The number of hydrogen-bond donors (Lipinski definition) is 0. The molecule has 0 aliphatic heterocycles. The molecule has 0 radical (unpaired) electrons. The molecule has 0 unspecified atom stereocenters. The third-order valence-electron chi connectivity index (χ3n) is 2.44. The number of halogens is 1. The lowest BCUT2D eigenvalue weighted by atomic mass is 10.2. The minimum atomic E-state index is 0.479. The molecular weight excluding hydrogens is 250 g/mol. The minimum absolute atomic E-state index is 0.479. The van der Waals surface area contributed by atoms with Gasteiger partial charge in [0, 0.05) is 6.20 Å². The van der Waals surface area contributed by atoms with Crippen LogP contribution in [0.15, 0.2) is 30.5 Å². The first kappa shape index (κ1) is 12.5. The Balaban J connectivity index is 1.90. The predicted octanol–water partition coefficient (Wildman–Crippen LogP) is 2.80. The summed E-state index contributed by atoms with van der Waals surface area (Å²) in [5.74, 6) is 0.684. The molecule has 0 saturated heterocycles. The summed E-state index contributed by atoms with van der Waals surface area (Å²) in [5, 5.41) is 13.6. The fourth-order valence-corrected chi connectivity index (χ4v) is 1.67. The summed E-state index contributed by atoms with van der Waals surface area (Å²) in [6.07, 6.45) is 1.77. The Bertz CT molecular complexity index is 567. The van der Waals surface area contributed by atoms with Gasteiger partial charge in [0.15, 0.2) is 0 Å². The molecule has 1 heterocycles. The lowest BCUT2D eigenvalue weighted by Gasteiger charge is -2.06. The van der Waals surface area contributed by atoms with Crippen LogP contribution in [0.3, 0.4) is 0 Å². The molecule has 2 aromatic rings. The van der Waals surface area contributed by atoms with Gasteiger partial charge < -0.3 is 4.74 Å². The number of aromatic nitrogens is 2. The first-order chi connectivity index (χ1) is 8.69. The van der Waals surface area contributed by atoms with E-state index in [4.69, 9.17) is 21.6 Å². The molecule has 0 amide bonds. The largest absolute Gasteiger partial charge is 0.492 e. The third-order valence-corrected chi connectivity index (χ3v) is 2.81. The number of ether oxygens (including phenoxy) is 1. The molecule has 0 fully saturated rings. The van der Waals surface area contributed by atoms with E-state index in [1.165, 1.54) is 0 Å². The van der Waals surface area contributed by atoms with Crippen LogP contribution in [-0.4, -0.2) is 16.4 Å². The molecule has 0 bridgehead atoms. The molecule has 0 aliphatic carbocycles. The summed E-state index contributed by atoms with van der Waals surface area (Å²) in [6, 6.07) is 9.14. The molecule has 0 atom stereocenters. The van der Waals surface area contributed by atoms with Gasteiger partial charge in [-0.15, -0.1) is 0 Å². The molecule has 18 heavy (non-hydrogen) atoms. The molecule has 1 aromatic heterocycles. The van der Waals surface area contributed by atoms with E-state index in [0.29, 0.717) is 29.5 Å². The van der Waals surface area contributed by atoms with Crippen molar-refractivity contribution < 1.29 is 4.74 Å². The Hall–Kier alpha value is -1.99. The number of hydrogen-bond acceptors (Lipinski definition) is 3. The minimum Gasteiger partial charge on any atom is -0.492 e. The first-order valence-electron chi connectivity index (χ1n) is 5.51. The second kappa shape index (κ2) is 5.56. The van der Waals surface area contributed by atoms with Crippen LogP contribution in [0.25, 0.3) is 0 Å². The van der Waals surface area contributed by atoms with E-state index in [1.54, 1.807) is 29.1 Å². The van der Waals surface area contributed by atoms with E-state index in [1.807, 2.05) is 13.0 Å². The molecule has 5 heteroatoms. The first-order valence-corrected chi connectivity index (χ1v) is 5.89. The highest BCUT2D eigenvalue weighted by atomic mass is 35.5. The molecule has 0 N–H and O–H groups in total. The highest BCUT2D eigenvalue weighted by molar-refractivity contribution is 6.31. The molecule has 4 nitrogen and oxygen atoms in total. The highest BCUT2D eigenvalue weighted by Crippen LogP contribution is 2.14. The van der Waals surface area contributed by atoms with Crippen LogP contribution in [0.2, 0.25) is 5.02 Å². The molecule has 1 aromatic carbocycles. The van der Waals surface area contributed by atoms with Crippen LogP contribution in [-0.2, 0) is 6.54 Å². The summed E-state index contributed by atoms with van der Waals surface area (Å²) in [7, 11) is 0. The summed E-state index contributed by atoms with van der Waals surface area (Å²) in [5.41, 5.74) is 1.40. The van der Waals surface area contributed by atoms with Crippen molar-refractivity contribution in [3.05, 3.63) is 46.7 Å². The molecule has 92 valence electrons. The van der Waals surface area contributed by atoms with Gasteiger partial charge in [-0.2, -0.15) is 10.4 Å². The van der Waals surface area contributed by atoms with E-state index in [-0.39, 0.29) is 0 Å². The average Bonchev–Trinajstić information content (AvgIpc) is 2.69. The van der Waals surface area contributed by atoms with Gasteiger partial charge in [-0.25, -0.2) is 0 Å². The van der Waals surface area contributed by atoms with Crippen molar-refractivity contribution in [3.63, 3.8) is 0 Å². The van der Waals surface area contributed by atoms with Crippen LogP contribution in [0.4, 0.5) is 0 Å². The Morgan fingerprint density at radius 1 is 1.50 bits per heavy atom. The number of aryl methyl sites for hydroxylation is 1. The Kier molecular flexibility index (Phi) is 3.85. The van der Waals surface area contributed by atoms with Crippen molar-refractivity contribution >= 4 is 11.6 Å². The maximum absolute atomic E-state index is 8.76. The van der Waals surface area contributed by atoms with E-state index in [2.05, 4.69) is 11.2 Å². The van der Waals surface area contributed by atoms with E-state index in [9.17, 15) is 0 Å². The van der Waals surface area contributed by atoms with Crippen molar-refractivity contribution in [2.24, 2.45) is 0 Å². The van der Waals surface area contributed by atoms with Crippen LogP contribution >= 0.6 is 11.6 Å². The van der Waals surface area contributed by atoms with Crippen molar-refractivity contribution in [2.75, 3.05) is 6.61 Å². The number of nitriles is 1. The Morgan fingerprint density at radius 2 is 2.33 bits per heavy atom. The molecular formula is C13H12ClN3O. The molecule has 2 rings (SSSR count). The molecule has 0 saturated carbocycles. The number of benzene rings is 1. The smallest absolute Gasteiger partial charge is 0.120 e. The summed E-state index contributed by atoms with van der Waals surface area (Å²) < 4.78 is 7.29. The summed E-state index contributed by atoms with van der Waals surface area (Å²) >= 11 is 5.90. The van der Waals surface area contributed by atoms with Crippen LogP contribution in [0.5, 0.6) is 5.75 Å². The standard InChI is InChI=1S/C13H12ClN3O/c1-10-13(14)9-17(16-10)5-6-18-12-4-2-3-11(7-12)8-15/h2-4,7,9H,5-6H2,1H3. The van der Waals surface area contributed by atoms with Crippen molar-refractivity contribution in [2.45, 2.75) is 13.5 Å². The van der Waals surface area contributed by atoms with Gasteiger partial charge in [0.05, 0.1) is 28.9 Å². The maximum Gasteiger partial charge on any atom is 0.120 e. The second-order valence-corrected chi connectivity index (χ2v) is 4.22. The maximum atomic E-state index is 8.76. The lowest BCUT2D eigenvalue weighted by molar-refractivity contribution is 0.291. The van der Waals surface area contributed by atoms with E-state index in [0.717, 1.165) is 5.69 Å². The molecule has 0 spiro atoms. The van der Waals surface area contributed by atoms with Gasteiger partial charge >= 0.3 is 0 Å². The topological polar surface area (TPSA) is 50.8 Å². The normalized spacial score (nSPS) is 10.1. The van der Waals surface area contributed by atoms with Crippen molar-refractivity contribution in [1.29, 1.82) is 5.26 Å². The Labute approximate surface area is 110 Å². The second-order valence-electron chi connectivity index (χ2n) is 3.81. The van der Waals surface area contributed by atoms with Gasteiger partial charge in [0.1, 0.15) is 12.4 Å². The van der Waals surface area contributed by atoms with Crippen LogP contribution < -0.4 is 4.74 Å². The van der Waals surface area contributed by atoms with Gasteiger partial charge in [0.2, 0.25) is 0 Å². The van der Waals surface area contributed by atoms with E-state index >= 15 is 0 Å².